The Hall–Kier alpha value is -4.10. The van der Waals surface area contributed by atoms with Crippen LogP contribution in [0.15, 0.2) is 97.1 Å². The van der Waals surface area contributed by atoms with Gasteiger partial charge < -0.3 is 4.74 Å². The molecule has 5 aromatic carbocycles. The zero-order valence-electron chi connectivity index (χ0n) is 23.4. The predicted octanol–water partition coefficient (Wildman–Crippen LogP) is 10.2. The third-order valence-electron chi connectivity index (χ3n) is 7.61. The van der Waals surface area contributed by atoms with Crippen LogP contribution in [0.1, 0.15) is 34.7 Å². The molecule has 1 heteroatoms. The Labute approximate surface area is 227 Å². The molecule has 0 N–H and O–H groups in total. The second kappa shape index (κ2) is 10.7. The van der Waals surface area contributed by atoms with Crippen LogP contribution >= 0.6 is 0 Å². The first-order valence-electron chi connectivity index (χ1n) is 13.5. The topological polar surface area (TPSA) is 9.23 Å². The zero-order valence-corrected chi connectivity index (χ0v) is 23.4. The first kappa shape index (κ1) is 25.5. The van der Waals surface area contributed by atoms with Crippen LogP contribution in [0.25, 0.3) is 44.5 Å². The summed E-state index contributed by atoms with van der Waals surface area (Å²) < 4.78 is 6.28. The van der Waals surface area contributed by atoms with Crippen molar-refractivity contribution in [3.05, 3.63) is 125 Å². The number of hydrogen-bond donors (Lipinski definition) is 0. The molecule has 0 saturated carbocycles. The van der Waals surface area contributed by atoms with Gasteiger partial charge in [-0.25, -0.2) is 0 Å². The van der Waals surface area contributed by atoms with Gasteiger partial charge in [-0.1, -0.05) is 115 Å². The Balaban J connectivity index is 2.02. The van der Waals surface area contributed by atoms with Crippen LogP contribution in [-0.4, -0.2) is 7.11 Å². The molecule has 0 heterocycles. The molecule has 0 saturated heterocycles. The van der Waals surface area contributed by atoms with Crippen molar-refractivity contribution in [3.63, 3.8) is 0 Å². The molecule has 190 valence electrons. The minimum absolute atomic E-state index is 0.928. The Morgan fingerprint density at radius 2 is 1.21 bits per heavy atom. The van der Waals surface area contributed by atoms with Gasteiger partial charge in [-0.2, -0.15) is 0 Å². The number of methoxy groups -OCH3 is 1. The van der Waals surface area contributed by atoms with E-state index >= 15 is 0 Å². The van der Waals surface area contributed by atoms with Crippen LogP contribution in [0.5, 0.6) is 5.75 Å². The van der Waals surface area contributed by atoms with E-state index in [1.807, 2.05) is 0 Å². The minimum Gasteiger partial charge on any atom is -0.496 e. The van der Waals surface area contributed by atoms with Crippen LogP contribution in [-0.2, 0) is 6.42 Å². The summed E-state index contributed by atoms with van der Waals surface area (Å²) in [5.41, 5.74) is 15.9. The maximum Gasteiger partial charge on any atom is 0.130 e. The third-order valence-corrected chi connectivity index (χ3v) is 7.61. The van der Waals surface area contributed by atoms with Gasteiger partial charge in [-0.05, 0) is 78.6 Å². The first-order valence-corrected chi connectivity index (χ1v) is 13.5. The average Bonchev–Trinajstić information content (AvgIpc) is 2.93. The fourth-order valence-corrected chi connectivity index (χ4v) is 5.58. The van der Waals surface area contributed by atoms with E-state index < -0.39 is 0 Å². The van der Waals surface area contributed by atoms with Gasteiger partial charge in [0.25, 0.3) is 0 Å². The minimum atomic E-state index is 0.928. The fourth-order valence-electron chi connectivity index (χ4n) is 5.58. The summed E-state index contributed by atoms with van der Waals surface area (Å²) in [5, 5.41) is 0. The van der Waals surface area contributed by atoms with Crippen LogP contribution < -0.4 is 4.74 Å². The highest BCUT2D eigenvalue weighted by atomic mass is 16.5. The van der Waals surface area contributed by atoms with Gasteiger partial charge >= 0.3 is 0 Å². The summed E-state index contributed by atoms with van der Waals surface area (Å²) in [6.07, 6.45) is 1.02. The first-order chi connectivity index (χ1) is 18.4. The van der Waals surface area contributed by atoms with Gasteiger partial charge in [0, 0.05) is 16.7 Å². The molecular formula is C37H36O. The summed E-state index contributed by atoms with van der Waals surface area (Å²) in [7, 11) is 1.80. The molecule has 0 aliphatic carbocycles. The van der Waals surface area contributed by atoms with Gasteiger partial charge in [0.15, 0.2) is 0 Å². The highest BCUT2D eigenvalue weighted by Crippen LogP contribution is 2.53. The summed E-state index contributed by atoms with van der Waals surface area (Å²) in [6.45, 7) is 10.9. The second-order valence-corrected chi connectivity index (χ2v) is 10.3. The van der Waals surface area contributed by atoms with E-state index in [4.69, 9.17) is 4.74 Å². The van der Waals surface area contributed by atoms with Gasteiger partial charge in [-0.3, -0.25) is 0 Å². The number of benzene rings is 5. The third kappa shape index (κ3) is 4.65. The van der Waals surface area contributed by atoms with Crippen molar-refractivity contribution in [2.45, 2.75) is 41.0 Å². The standard InChI is InChI=1S/C37H36O/c1-7-28-17-21-29(22-18-28)33-27(5)37(38-6)35(30-19-15-24(2)16-20-30)34(31-13-10-11-25(3)23-31)36(33)32-14-9-8-12-26(32)4/h8-23H,7H2,1-6H3. The Morgan fingerprint density at radius 1 is 0.553 bits per heavy atom. The van der Waals surface area contributed by atoms with E-state index in [-0.39, 0.29) is 0 Å². The lowest BCUT2D eigenvalue weighted by atomic mass is 9.78. The molecule has 0 radical (unpaired) electrons. The van der Waals surface area contributed by atoms with E-state index in [2.05, 4.69) is 132 Å². The van der Waals surface area contributed by atoms with Crippen LogP contribution in [0, 0.1) is 27.7 Å². The molecule has 0 spiro atoms. The molecule has 5 rings (SSSR count). The van der Waals surface area contributed by atoms with Gasteiger partial charge in [0.05, 0.1) is 7.11 Å². The van der Waals surface area contributed by atoms with Crippen molar-refractivity contribution in [2.24, 2.45) is 0 Å². The van der Waals surface area contributed by atoms with E-state index in [0.717, 1.165) is 28.9 Å². The summed E-state index contributed by atoms with van der Waals surface area (Å²) in [4.78, 5) is 0. The molecule has 0 atom stereocenters. The molecule has 0 aliphatic rings. The molecule has 0 aromatic heterocycles. The van der Waals surface area contributed by atoms with Crippen LogP contribution in [0.3, 0.4) is 0 Å². The monoisotopic (exact) mass is 496 g/mol. The average molecular weight is 497 g/mol. The van der Waals surface area contributed by atoms with Crippen LogP contribution in [0.4, 0.5) is 0 Å². The molecule has 0 bridgehead atoms. The highest BCUT2D eigenvalue weighted by molar-refractivity contribution is 6.06. The van der Waals surface area contributed by atoms with E-state index in [1.165, 1.54) is 55.6 Å². The van der Waals surface area contributed by atoms with Crippen molar-refractivity contribution in [2.75, 3.05) is 7.11 Å². The number of hydrogen-bond acceptors (Lipinski definition) is 1. The maximum atomic E-state index is 6.28. The van der Waals surface area contributed by atoms with E-state index in [9.17, 15) is 0 Å². The summed E-state index contributed by atoms with van der Waals surface area (Å²) in [6, 6.07) is 35.5. The molecule has 38 heavy (non-hydrogen) atoms. The zero-order chi connectivity index (χ0) is 26.8. The lowest BCUT2D eigenvalue weighted by Crippen LogP contribution is -2.03. The molecule has 0 fully saturated rings. The Bertz CT molecular complexity index is 1590. The molecule has 1 nitrogen and oxygen atoms in total. The maximum absolute atomic E-state index is 6.28. The quantitative estimate of drug-likeness (QED) is 0.227. The van der Waals surface area contributed by atoms with Crippen molar-refractivity contribution < 1.29 is 4.74 Å². The van der Waals surface area contributed by atoms with Crippen molar-refractivity contribution in [1.82, 2.24) is 0 Å². The van der Waals surface area contributed by atoms with Crippen molar-refractivity contribution in [1.29, 1.82) is 0 Å². The molecule has 0 aliphatic heterocycles. The van der Waals surface area contributed by atoms with Gasteiger partial charge in [-0.15, -0.1) is 0 Å². The lowest BCUT2D eigenvalue weighted by molar-refractivity contribution is 0.414. The number of ether oxygens (including phenoxy) is 1. The van der Waals surface area contributed by atoms with Gasteiger partial charge in [0.1, 0.15) is 5.75 Å². The van der Waals surface area contributed by atoms with E-state index in [0.29, 0.717) is 0 Å². The lowest BCUT2D eigenvalue weighted by Gasteiger charge is -2.27. The second-order valence-electron chi connectivity index (χ2n) is 10.3. The van der Waals surface area contributed by atoms with Crippen molar-refractivity contribution >= 4 is 0 Å². The predicted molar refractivity (Wildman–Crippen MR) is 163 cm³/mol. The van der Waals surface area contributed by atoms with E-state index in [1.54, 1.807) is 7.11 Å². The molecular weight excluding hydrogens is 460 g/mol. The normalized spacial score (nSPS) is 11.0. The fraction of sp³-hybridized carbons (Fsp3) is 0.189. The Kier molecular flexibility index (Phi) is 7.20. The van der Waals surface area contributed by atoms with Crippen molar-refractivity contribution in [3.8, 4) is 50.3 Å². The van der Waals surface area contributed by atoms with Crippen LogP contribution in [0.2, 0.25) is 0 Å². The molecule has 5 aromatic rings. The van der Waals surface area contributed by atoms with Gasteiger partial charge in [0.2, 0.25) is 0 Å². The Morgan fingerprint density at radius 3 is 1.84 bits per heavy atom. The number of aryl methyl sites for hydroxylation is 4. The number of rotatable bonds is 6. The molecule has 0 unspecified atom stereocenters. The smallest absolute Gasteiger partial charge is 0.130 e. The summed E-state index contributed by atoms with van der Waals surface area (Å²) >= 11 is 0. The summed E-state index contributed by atoms with van der Waals surface area (Å²) in [5.74, 6) is 0.928. The highest BCUT2D eigenvalue weighted by Gasteiger charge is 2.27. The molecule has 0 amide bonds. The SMILES string of the molecule is CCc1ccc(-c2c(C)c(OC)c(-c3ccc(C)cc3)c(-c3cccc(C)c3)c2-c2ccccc2C)cc1. The largest absolute Gasteiger partial charge is 0.496 e.